The largest absolute Gasteiger partial charge is 0.350 e. The summed E-state index contributed by atoms with van der Waals surface area (Å²) in [5, 5.41) is 2.78. The molecular weight excluding hydrogens is 331 g/mol. The molecule has 7 heteroatoms. The van der Waals surface area contributed by atoms with Crippen molar-refractivity contribution in [1.29, 1.82) is 0 Å². The molecule has 0 unspecified atom stereocenters. The Kier molecular flexibility index (Phi) is 5.56. The third-order valence-corrected chi connectivity index (χ3v) is 4.93. The molecule has 2 aromatic rings. The molecule has 1 atom stereocenters. The van der Waals surface area contributed by atoms with Crippen molar-refractivity contribution in [2.75, 3.05) is 4.72 Å². The van der Waals surface area contributed by atoms with Crippen LogP contribution in [0.5, 0.6) is 0 Å². The summed E-state index contributed by atoms with van der Waals surface area (Å²) in [6, 6.07) is 11.2. The highest BCUT2D eigenvalue weighted by atomic mass is 32.2. The van der Waals surface area contributed by atoms with Crippen LogP contribution in [0.2, 0.25) is 0 Å². The van der Waals surface area contributed by atoms with E-state index in [0.717, 1.165) is 12.5 Å². The molecule has 0 aliphatic carbocycles. The van der Waals surface area contributed by atoms with Gasteiger partial charge in [-0.2, -0.15) is 0 Å². The molecule has 0 heterocycles. The van der Waals surface area contributed by atoms with Crippen molar-refractivity contribution in [2.45, 2.75) is 31.2 Å². The summed E-state index contributed by atoms with van der Waals surface area (Å²) in [4.78, 5) is 11.8. The van der Waals surface area contributed by atoms with Crippen molar-refractivity contribution in [3.8, 4) is 0 Å². The topological polar surface area (TPSA) is 75.3 Å². The van der Waals surface area contributed by atoms with Crippen molar-refractivity contribution in [2.24, 2.45) is 0 Å². The Hall–Kier alpha value is -2.41. The maximum Gasteiger partial charge on any atom is 0.264 e. The number of rotatable bonds is 6. The SMILES string of the molecule is CC[C@@H](C)NC(=O)c1ccccc1NS(=O)(=O)c1ccccc1F. The molecule has 0 spiro atoms. The zero-order valence-electron chi connectivity index (χ0n) is 13.4. The van der Waals surface area contributed by atoms with Gasteiger partial charge < -0.3 is 5.32 Å². The van der Waals surface area contributed by atoms with Crippen LogP contribution in [-0.4, -0.2) is 20.4 Å². The van der Waals surface area contributed by atoms with Gasteiger partial charge in [-0.15, -0.1) is 0 Å². The Morgan fingerprint density at radius 2 is 1.75 bits per heavy atom. The molecule has 2 aromatic carbocycles. The fraction of sp³-hybridized carbons (Fsp3) is 0.235. The second-order valence-corrected chi connectivity index (χ2v) is 7.02. The van der Waals surface area contributed by atoms with E-state index < -0.39 is 26.6 Å². The summed E-state index contributed by atoms with van der Waals surface area (Å²) in [5.74, 6) is -1.25. The molecule has 2 N–H and O–H groups in total. The van der Waals surface area contributed by atoms with Gasteiger partial charge in [-0.25, -0.2) is 12.8 Å². The smallest absolute Gasteiger partial charge is 0.264 e. The summed E-state index contributed by atoms with van der Waals surface area (Å²) in [6.07, 6.45) is 0.745. The van der Waals surface area contributed by atoms with Gasteiger partial charge in [0.2, 0.25) is 0 Å². The molecule has 5 nitrogen and oxygen atoms in total. The number of benzene rings is 2. The van der Waals surface area contributed by atoms with Crippen LogP contribution in [0.15, 0.2) is 53.4 Å². The van der Waals surface area contributed by atoms with Crippen molar-refractivity contribution >= 4 is 21.6 Å². The Morgan fingerprint density at radius 1 is 1.12 bits per heavy atom. The number of nitrogens with one attached hydrogen (secondary N) is 2. The van der Waals surface area contributed by atoms with E-state index in [2.05, 4.69) is 10.0 Å². The van der Waals surface area contributed by atoms with Gasteiger partial charge in [0.25, 0.3) is 15.9 Å². The molecule has 0 radical (unpaired) electrons. The number of amides is 1. The van der Waals surface area contributed by atoms with Gasteiger partial charge in [0.1, 0.15) is 10.7 Å². The molecule has 0 fully saturated rings. The van der Waals surface area contributed by atoms with E-state index in [0.29, 0.717) is 0 Å². The summed E-state index contributed by atoms with van der Waals surface area (Å²) in [5.41, 5.74) is 0.277. The van der Waals surface area contributed by atoms with Crippen LogP contribution < -0.4 is 10.0 Å². The number of carbonyl (C=O) groups excluding carboxylic acids is 1. The maximum atomic E-state index is 13.8. The predicted octanol–water partition coefficient (Wildman–Crippen LogP) is 3.15. The summed E-state index contributed by atoms with van der Waals surface area (Å²) < 4.78 is 40.8. The number of sulfonamides is 1. The van der Waals surface area contributed by atoms with Crippen LogP contribution in [0, 0.1) is 5.82 Å². The van der Waals surface area contributed by atoms with Gasteiger partial charge in [-0.3, -0.25) is 9.52 Å². The standard InChI is InChI=1S/C17H19FN2O3S/c1-3-12(2)19-17(21)13-8-4-6-10-15(13)20-24(22,23)16-11-7-5-9-14(16)18/h4-12,20H,3H2,1-2H3,(H,19,21)/t12-/m1/s1. The fourth-order valence-electron chi connectivity index (χ4n) is 2.04. The molecule has 0 aromatic heterocycles. The van der Waals surface area contributed by atoms with Gasteiger partial charge in [0.05, 0.1) is 11.3 Å². The number of hydrogen-bond donors (Lipinski definition) is 2. The van der Waals surface area contributed by atoms with Crippen LogP contribution in [-0.2, 0) is 10.0 Å². The lowest BCUT2D eigenvalue weighted by Gasteiger charge is -2.15. The fourth-order valence-corrected chi connectivity index (χ4v) is 3.20. The van der Waals surface area contributed by atoms with E-state index in [4.69, 9.17) is 0 Å². The number of carbonyl (C=O) groups is 1. The molecule has 0 aliphatic heterocycles. The first-order chi connectivity index (χ1) is 11.3. The first-order valence-electron chi connectivity index (χ1n) is 7.52. The van der Waals surface area contributed by atoms with Gasteiger partial charge in [0, 0.05) is 6.04 Å². The van der Waals surface area contributed by atoms with Crippen LogP contribution in [0.4, 0.5) is 10.1 Å². The van der Waals surface area contributed by atoms with E-state index >= 15 is 0 Å². The molecule has 0 saturated heterocycles. The predicted molar refractivity (Wildman–Crippen MR) is 90.9 cm³/mol. The maximum absolute atomic E-state index is 13.8. The lowest BCUT2D eigenvalue weighted by Crippen LogP contribution is -2.32. The molecule has 0 bridgehead atoms. The first kappa shape index (κ1) is 17.9. The van der Waals surface area contributed by atoms with E-state index in [1.54, 1.807) is 12.1 Å². The van der Waals surface area contributed by atoms with E-state index in [1.165, 1.54) is 30.3 Å². The average Bonchev–Trinajstić information content (AvgIpc) is 2.55. The highest BCUT2D eigenvalue weighted by Crippen LogP contribution is 2.21. The van der Waals surface area contributed by atoms with Crippen molar-refractivity contribution in [3.63, 3.8) is 0 Å². The quantitative estimate of drug-likeness (QED) is 0.840. The summed E-state index contributed by atoms with van der Waals surface area (Å²) in [6.45, 7) is 3.78. The van der Waals surface area contributed by atoms with E-state index in [1.807, 2.05) is 13.8 Å². The van der Waals surface area contributed by atoms with Crippen LogP contribution in [0.25, 0.3) is 0 Å². The normalized spacial score (nSPS) is 12.5. The summed E-state index contributed by atoms with van der Waals surface area (Å²) >= 11 is 0. The zero-order chi connectivity index (χ0) is 17.7. The van der Waals surface area contributed by atoms with Crippen LogP contribution in [0.3, 0.4) is 0 Å². The number of halogens is 1. The van der Waals surface area contributed by atoms with Crippen LogP contribution >= 0.6 is 0 Å². The van der Waals surface area contributed by atoms with E-state index in [9.17, 15) is 17.6 Å². The number of para-hydroxylation sites is 1. The van der Waals surface area contributed by atoms with Crippen molar-refractivity contribution < 1.29 is 17.6 Å². The average molecular weight is 350 g/mol. The third kappa shape index (κ3) is 4.11. The minimum atomic E-state index is -4.14. The number of anilines is 1. The molecule has 0 aliphatic rings. The molecule has 0 saturated carbocycles. The number of hydrogen-bond acceptors (Lipinski definition) is 3. The Morgan fingerprint density at radius 3 is 2.42 bits per heavy atom. The van der Waals surface area contributed by atoms with Gasteiger partial charge in [-0.05, 0) is 37.6 Å². The van der Waals surface area contributed by atoms with Gasteiger partial charge in [0.15, 0.2) is 0 Å². The Balaban J connectivity index is 2.34. The minimum absolute atomic E-state index is 0.0475. The molecular formula is C17H19FN2O3S. The molecule has 24 heavy (non-hydrogen) atoms. The minimum Gasteiger partial charge on any atom is -0.350 e. The highest BCUT2D eigenvalue weighted by molar-refractivity contribution is 7.92. The Labute approximate surface area is 141 Å². The monoisotopic (exact) mass is 350 g/mol. The lowest BCUT2D eigenvalue weighted by atomic mass is 10.1. The van der Waals surface area contributed by atoms with E-state index in [-0.39, 0.29) is 17.3 Å². The zero-order valence-corrected chi connectivity index (χ0v) is 14.2. The second-order valence-electron chi connectivity index (χ2n) is 5.36. The van der Waals surface area contributed by atoms with Gasteiger partial charge in [-0.1, -0.05) is 31.2 Å². The Bertz CT molecular complexity index is 837. The molecule has 2 rings (SSSR count). The van der Waals surface area contributed by atoms with Crippen molar-refractivity contribution in [3.05, 3.63) is 59.9 Å². The van der Waals surface area contributed by atoms with Crippen LogP contribution in [0.1, 0.15) is 30.6 Å². The second kappa shape index (κ2) is 7.44. The molecule has 128 valence electrons. The third-order valence-electron chi connectivity index (χ3n) is 3.53. The molecule has 1 amide bonds. The summed E-state index contributed by atoms with van der Waals surface area (Å²) in [7, 11) is -4.14. The first-order valence-corrected chi connectivity index (χ1v) is 9.00. The van der Waals surface area contributed by atoms with Gasteiger partial charge >= 0.3 is 0 Å². The highest BCUT2D eigenvalue weighted by Gasteiger charge is 2.21. The lowest BCUT2D eigenvalue weighted by molar-refractivity contribution is 0.0940. The van der Waals surface area contributed by atoms with Crippen molar-refractivity contribution in [1.82, 2.24) is 5.32 Å².